The third kappa shape index (κ3) is 5.82. The normalized spacial score (nSPS) is 13.2. The molecule has 0 bridgehead atoms. The summed E-state index contributed by atoms with van der Waals surface area (Å²) in [6, 6.07) is 6.95. The number of anilines is 1. The van der Waals surface area contributed by atoms with Crippen LogP contribution in [0, 0.1) is 0 Å². The maximum Gasteiger partial charge on any atom is 0.243 e. The lowest BCUT2D eigenvalue weighted by Gasteiger charge is -2.23. The predicted molar refractivity (Wildman–Crippen MR) is 145 cm³/mol. The lowest BCUT2D eigenvalue weighted by Crippen LogP contribution is -2.34. The zero-order chi connectivity index (χ0) is 28.2. The molecule has 4 rings (SSSR count). The van der Waals surface area contributed by atoms with E-state index < -0.39 is 21.4 Å². The molecule has 208 valence electrons. The van der Waals surface area contributed by atoms with Crippen molar-refractivity contribution in [2.75, 3.05) is 25.5 Å². The van der Waals surface area contributed by atoms with E-state index in [-0.39, 0.29) is 24.2 Å². The molecule has 39 heavy (non-hydrogen) atoms. The van der Waals surface area contributed by atoms with Crippen LogP contribution >= 0.6 is 11.6 Å². The number of hydrogen-bond acceptors (Lipinski definition) is 10. The Morgan fingerprint density at radius 3 is 2.28 bits per heavy atom. The van der Waals surface area contributed by atoms with Gasteiger partial charge in [0.15, 0.2) is 11.6 Å². The maximum atomic E-state index is 13.7. The van der Waals surface area contributed by atoms with Crippen molar-refractivity contribution in [2.24, 2.45) is 0 Å². The highest BCUT2D eigenvalue weighted by Crippen LogP contribution is 2.38. The van der Waals surface area contributed by atoms with E-state index in [1.165, 1.54) is 38.1 Å². The molecule has 2 atom stereocenters. The smallest absolute Gasteiger partial charge is 0.243 e. The molecule has 0 aliphatic rings. The Bertz CT molecular complexity index is 1500. The molecule has 0 aliphatic heterocycles. The van der Waals surface area contributed by atoms with Crippen LogP contribution in [0.3, 0.4) is 0 Å². The first-order valence-electron chi connectivity index (χ1n) is 12.0. The molecule has 1 aromatic carbocycles. The largest absolute Gasteiger partial charge is 0.494 e. The van der Waals surface area contributed by atoms with Gasteiger partial charge in [0.1, 0.15) is 34.2 Å². The first-order chi connectivity index (χ1) is 18.7. The van der Waals surface area contributed by atoms with Crippen LogP contribution in [0.15, 0.2) is 42.9 Å². The molecule has 15 heteroatoms. The number of aryl methyl sites for hydroxylation is 1. The highest BCUT2D eigenvalue weighted by molar-refractivity contribution is 7.93. The van der Waals surface area contributed by atoms with Gasteiger partial charge in [-0.2, -0.15) is 5.10 Å². The number of hydrogen-bond donors (Lipinski definition) is 1. The summed E-state index contributed by atoms with van der Waals surface area (Å²) in [6.07, 6.45) is 3.57. The summed E-state index contributed by atoms with van der Waals surface area (Å²) in [4.78, 5) is 8.33. The number of sulfonamides is 1. The van der Waals surface area contributed by atoms with Crippen LogP contribution in [0.1, 0.15) is 32.7 Å². The lowest BCUT2D eigenvalue weighted by atomic mass is 10.2. The van der Waals surface area contributed by atoms with E-state index in [0.717, 1.165) is 0 Å². The number of ether oxygens (including phenoxy) is 3. The van der Waals surface area contributed by atoms with Crippen molar-refractivity contribution in [3.63, 3.8) is 0 Å². The van der Waals surface area contributed by atoms with Gasteiger partial charge in [-0.15, -0.1) is 10.2 Å². The fraction of sp³-hybridized carbons (Fsp3) is 0.375. The van der Waals surface area contributed by atoms with Crippen molar-refractivity contribution in [1.29, 1.82) is 0 Å². The van der Waals surface area contributed by atoms with E-state index in [2.05, 4.69) is 30.0 Å². The first kappa shape index (κ1) is 28.3. The Morgan fingerprint density at radius 1 is 1.05 bits per heavy atom. The van der Waals surface area contributed by atoms with Crippen LogP contribution < -0.4 is 14.2 Å². The minimum atomic E-state index is -4.15. The van der Waals surface area contributed by atoms with Crippen molar-refractivity contribution in [2.45, 2.75) is 38.7 Å². The average molecular weight is 577 g/mol. The zero-order valence-electron chi connectivity index (χ0n) is 22.1. The van der Waals surface area contributed by atoms with Gasteiger partial charge in [0, 0.05) is 31.7 Å². The maximum absolute atomic E-state index is 13.7. The third-order valence-corrected chi connectivity index (χ3v) is 7.76. The topological polar surface area (TPSA) is 148 Å². The van der Waals surface area contributed by atoms with Crippen LogP contribution in [0.5, 0.6) is 11.5 Å². The molecule has 0 spiro atoms. The molecule has 13 nitrogen and oxygen atoms in total. The van der Waals surface area contributed by atoms with Crippen LogP contribution in [0.4, 0.5) is 5.95 Å². The second-order valence-corrected chi connectivity index (χ2v) is 10.7. The second-order valence-electron chi connectivity index (χ2n) is 8.24. The van der Waals surface area contributed by atoms with Crippen molar-refractivity contribution in [3.05, 3.63) is 53.7 Å². The van der Waals surface area contributed by atoms with E-state index in [0.29, 0.717) is 34.4 Å². The molecule has 1 N–H and O–H groups in total. The van der Waals surface area contributed by atoms with Crippen molar-refractivity contribution in [3.8, 4) is 28.7 Å². The minimum absolute atomic E-state index is 0.0991. The average Bonchev–Trinajstić information content (AvgIpc) is 3.58. The zero-order valence-corrected chi connectivity index (χ0v) is 23.6. The number of para-hydroxylation sites is 1. The van der Waals surface area contributed by atoms with Crippen LogP contribution in [-0.4, -0.2) is 69.0 Å². The Morgan fingerprint density at radius 2 is 1.72 bits per heavy atom. The second kappa shape index (κ2) is 12.0. The molecular formula is C24H29ClN8O5S. The molecule has 0 saturated heterocycles. The number of nitrogens with zero attached hydrogens (tertiary/aromatic N) is 7. The van der Waals surface area contributed by atoms with E-state index in [1.807, 2.05) is 6.92 Å². The van der Waals surface area contributed by atoms with E-state index in [4.69, 9.17) is 25.8 Å². The summed E-state index contributed by atoms with van der Waals surface area (Å²) in [6.45, 7) is 6.06. The molecule has 0 amide bonds. The van der Waals surface area contributed by atoms with Gasteiger partial charge in [-0.25, -0.2) is 18.4 Å². The molecule has 0 aliphatic carbocycles. The van der Waals surface area contributed by atoms with Gasteiger partial charge in [-0.1, -0.05) is 17.7 Å². The number of benzene rings is 1. The minimum Gasteiger partial charge on any atom is -0.494 e. The van der Waals surface area contributed by atoms with Gasteiger partial charge in [0.2, 0.25) is 16.0 Å². The molecule has 2 unspecified atom stereocenters. The van der Waals surface area contributed by atoms with Gasteiger partial charge < -0.3 is 14.2 Å². The number of halogens is 1. The number of methoxy groups -OCH3 is 2. The molecule has 0 saturated carbocycles. The van der Waals surface area contributed by atoms with Gasteiger partial charge in [0.05, 0.1) is 19.2 Å². The standard InChI is InChI=1S/C24H29ClN8O5S/c1-6-32-12-11-17(30-32)23-28-29-24(33(23)20-18(36-4)9-8-10-19(20)37-5)31-39(34,35)15(3)21(38-7-2)22-26-13-16(25)14-27-22/h8-15,21H,6-7H2,1-5H3,(H,29,31). The van der Waals surface area contributed by atoms with Crippen molar-refractivity contribution < 1.29 is 22.6 Å². The van der Waals surface area contributed by atoms with Gasteiger partial charge in [-0.05, 0) is 39.0 Å². The highest BCUT2D eigenvalue weighted by atomic mass is 35.5. The summed E-state index contributed by atoms with van der Waals surface area (Å²) >= 11 is 5.92. The molecule has 3 aromatic heterocycles. The number of nitrogens with one attached hydrogen (secondary N) is 1. The Hall–Kier alpha value is -3.75. The van der Waals surface area contributed by atoms with E-state index in [1.54, 1.807) is 42.1 Å². The monoisotopic (exact) mass is 576 g/mol. The van der Waals surface area contributed by atoms with E-state index >= 15 is 0 Å². The Labute approximate surface area is 231 Å². The molecule has 3 heterocycles. The Balaban J connectivity index is 1.83. The van der Waals surface area contributed by atoms with Crippen LogP contribution in [0.2, 0.25) is 5.02 Å². The summed E-state index contributed by atoms with van der Waals surface area (Å²) < 4.78 is 50.1. The van der Waals surface area contributed by atoms with Crippen molar-refractivity contribution >= 4 is 27.6 Å². The molecule has 4 aromatic rings. The van der Waals surface area contributed by atoms with Gasteiger partial charge in [-0.3, -0.25) is 14.0 Å². The highest BCUT2D eigenvalue weighted by Gasteiger charge is 2.35. The fourth-order valence-electron chi connectivity index (χ4n) is 3.89. The number of aromatic nitrogens is 7. The SMILES string of the molecule is CCOC(c1ncc(Cl)cn1)C(C)S(=O)(=O)Nc1nnc(-c2ccn(CC)n2)n1-c1c(OC)cccc1OC. The quantitative estimate of drug-likeness (QED) is 0.265. The summed E-state index contributed by atoms with van der Waals surface area (Å²) in [5, 5.41) is 12.2. The van der Waals surface area contributed by atoms with Crippen LogP contribution in [0.25, 0.3) is 17.2 Å². The Kier molecular flexibility index (Phi) is 8.67. The van der Waals surface area contributed by atoms with Gasteiger partial charge in [0.25, 0.3) is 0 Å². The first-order valence-corrected chi connectivity index (χ1v) is 14.0. The lowest BCUT2D eigenvalue weighted by molar-refractivity contribution is 0.0558. The predicted octanol–water partition coefficient (Wildman–Crippen LogP) is 3.52. The van der Waals surface area contributed by atoms with Gasteiger partial charge >= 0.3 is 0 Å². The van der Waals surface area contributed by atoms with Crippen LogP contribution in [-0.2, 0) is 21.3 Å². The summed E-state index contributed by atoms with van der Waals surface area (Å²) in [5.74, 6) is 1.16. The molecule has 0 fully saturated rings. The van der Waals surface area contributed by atoms with Crippen molar-refractivity contribution in [1.82, 2.24) is 34.5 Å². The van der Waals surface area contributed by atoms with E-state index in [9.17, 15) is 8.42 Å². The summed E-state index contributed by atoms with van der Waals surface area (Å²) in [7, 11) is -1.15. The summed E-state index contributed by atoms with van der Waals surface area (Å²) in [5.41, 5.74) is 0.860. The molecule has 0 radical (unpaired) electrons. The molecular weight excluding hydrogens is 548 g/mol. The third-order valence-electron chi connectivity index (χ3n) is 5.87. The number of rotatable bonds is 12. The fourth-order valence-corrected chi connectivity index (χ4v) is 5.08.